The molecule has 0 amide bonds. The molecule has 0 aromatic carbocycles. The Hall–Kier alpha value is -1.17. The molecule has 5 nitrogen and oxygen atoms in total. The molecule has 0 saturated carbocycles. The molecule has 0 fully saturated rings. The summed E-state index contributed by atoms with van der Waals surface area (Å²) in [5.41, 5.74) is -0.764. The molecule has 1 aromatic heterocycles. The summed E-state index contributed by atoms with van der Waals surface area (Å²) in [6, 6.07) is 0. The van der Waals surface area contributed by atoms with E-state index in [0.29, 0.717) is 11.2 Å². The average molecular weight is 275 g/mol. The lowest BCUT2D eigenvalue weighted by atomic mass is 10.3. The van der Waals surface area contributed by atoms with Gasteiger partial charge in [-0.05, 0) is 22.4 Å². The highest BCUT2D eigenvalue weighted by Crippen LogP contribution is 2.02. The SMILES string of the molecule is CCCCOC(=O)c1nc(Br)c[nH]c1=O. The lowest BCUT2D eigenvalue weighted by Crippen LogP contribution is -2.22. The molecule has 0 bridgehead atoms. The largest absolute Gasteiger partial charge is 0.461 e. The Morgan fingerprint density at radius 2 is 2.40 bits per heavy atom. The van der Waals surface area contributed by atoms with E-state index in [1.54, 1.807) is 0 Å². The number of nitrogens with zero attached hydrogens (tertiary/aromatic N) is 1. The number of ether oxygens (including phenoxy) is 1. The number of aromatic amines is 1. The highest BCUT2D eigenvalue weighted by molar-refractivity contribution is 9.10. The van der Waals surface area contributed by atoms with Crippen molar-refractivity contribution in [3.63, 3.8) is 0 Å². The number of nitrogens with one attached hydrogen (secondary N) is 1. The summed E-state index contributed by atoms with van der Waals surface area (Å²) in [5.74, 6) is -0.689. The first-order valence-electron chi connectivity index (χ1n) is 4.57. The Bertz CT molecular complexity index is 403. The van der Waals surface area contributed by atoms with Crippen LogP contribution in [0.3, 0.4) is 0 Å². The molecule has 0 radical (unpaired) electrons. The topological polar surface area (TPSA) is 72.0 Å². The van der Waals surface area contributed by atoms with E-state index in [0.717, 1.165) is 12.8 Å². The predicted octanol–water partition coefficient (Wildman–Crippen LogP) is 1.49. The molecule has 0 saturated heterocycles. The number of H-pyrrole nitrogens is 1. The van der Waals surface area contributed by atoms with Gasteiger partial charge in [0.05, 0.1) is 6.61 Å². The van der Waals surface area contributed by atoms with Gasteiger partial charge in [0, 0.05) is 6.20 Å². The van der Waals surface area contributed by atoms with Crippen molar-refractivity contribution in [2.75, 3.05) is 6.61 Å². The van der Waals surface area contributed by atoms with Gasteiger partial charge in [-0.2, -0.15) is 0 Å². The summed E-state index contributed by atoms with van der Waals surface area (Å²) < 4.78 is 5.26. The quantitative estimate of drug-likeness (QED) is 0.667. The van der Waals surface area contributed by atoms with E-state index < -0.39 is 11.5 Å². The highest BCUT2D eigenvalue weighted by atomic mass is 79.9. The number of rotatable bonds is 4. The molecule has 1 aromatic rings. The van der Waals surface area contributed by atoms with Gasteiger partial charge in [-0.25, -0.2) is 9.78 Å². The van der Waals surface area contributed by atoms with Crippen LogP contribution in [-0.4, -0.2) is 22.5 Å². The van der Waals surface area contributed by atoms with Crippen LogP contribution in [-0.2, 0) is 4.74 Å². The molecule has 0 atom stereocenters. The van der Waals surface area contributed by atoms with Crippen LogP contribution >= 0.6 is 15.9 Å². The number of aromatic nitrogens is 2. The molecular weight excluding hydrogens is 264 g/mol. The molecule has 15 heavy (non-hydrogen) atoms. The first kappa shape index (κ1) is 11.9. The summed E-state index contributed by atoms with van der Waals surface area (Å²) in [6.07, 6.45) is 3.07. The molecule has 6 heteroatoms. The smallest absolute Gasteiger partial charge is 0.362 e. The fourth-order valence-electron chi connectivity index (χ4n) is 0.899. The summed E-state index contributed by atoms with van der Waals surface area (Å²) in [5, 5.41) is 0. The van der Waals surface area contributed by atoms with E-state index >= 15 is 0 Å². The average Bonchev–Trinajstić information content (AvgIpc) is 2.22. The van der Waals surface area contributed by atoms with Crippen LogP contribution in [0.5, 0.6) is 0 Å². The predicted molar refractivity (Wildman–Crippen MR) is 57.7 cm³/mol. The third-order valence-corrected chi connectivity index (χ3v) is 2.09. The summed E-state index contributed by atoms with van der Waals surface area (Å²) in [4.78, 5) is 28.7. The van der Waals surface area contributed by atoms with E-state index in [1.165, 1.54) is 6.20 Å². The van der Waals surface area contributed by atoms with Crippen molar-refractivity contribution in [2.24, 2.45) is 0 Å². The van der Waals surface area contributed by atoms with Crippen molar-refractivity contribution < 1.29 is 9.53 Å². The van der Waals surface area contributed by atoms with E-state index in [1.807, 2.05) is 6.92 Å². The van der Waals surface area contributed by atoms with Gasteiger partial charge in [0.25, 0.3) is 5.56 Å². The van der Waals surface area contributed by atoms with E-state index in [2.05, 4.69) is 25.9 Å². The zero-order valence-electron chi connectivity index (χ0n) is 8.25. The third kappa shape index (κ3) is 3.47. The van der Waals surface area contributed by atoms with E-state index in [9.17, 15) is 9.59 Å². The number of hydrogen-bond donors (Lipinski definition) is 1. The maximum absolute atomic E-state index is 11.4. The van der Waals surface area contributed by atoms with Crippen molar-refractivity contribution in [2.45, 2.75) is 19.8 Å². The van der Waals surface area contributed by atoms with Crippen LogP contribution < -0.4 is 5.56 Å². The number of carbonyl (C=O) groups is 1. The van der Waals surface area contributed by atoms with Crippen molar-refractivity contribution in [1.29, 1.82) is 0 Å². The Kier molecular flexibility index (Phi) is 4.48. The number of halogens is 1. The molecule has 0 aliphatic carbocycles. The van der Waals surface area contributed by atoms with Crippen LogP contribution in [0.1, 0.15) is 30.3 Å². The van der Waals surface area contributed by atoms with Gasteiger partial charge in [-0.15, -0.1) is 0 Å². The second-order valence-corrected chi connectivity index (χ2v) is 3.70. The fraction of sp³-hybridized carbons (Fsp3) is 0.444. The van der Waals surface area contributed by atoms with Gasteiger partial charge >= 0.3 is 5.97 Å². The molecular formula is C9H11BrN2O3. The standard InChI is InChI=1S/C9H11BrN2O3/c1-2-3-4-15-9(14)7-8(13)11-5-6(10)12-7/h5H,2-4H2,1H3,(H,11,13). The zero-order valence-corrected chi connectivity index (χ0v) is 9.83. The van der Waals surface area contributed by atoms with Gasteiger partial charge < -0.3 is 9.72 Å². The van der Waals surface area contributed by atoms with Crippen LogP contribution in [0.2, 0.25) is 0 Å². The first-order valence-corrected chi connectivity index (χ1v) is 5.36. The number of esters is 1. The molecule has 82 valence electrons. The normalized spacial score (nSPS) is 10.0. The zero-order chi connectivity index (χ0) is 11.3. The van der Waals surface area contributed by atoms with Gasteiger partial charge in [-0.3, -0.25) is 4.79 Å². The minimum atomic E-state index is -0.689. The summed E-state index contributed by atoms with van der Waals surface area (Å²) >= 11 is 3.06. The maximum Gasteiger partial charge on any atom is 0.362 e. The number of hydrogen-bond acceptors (Lipinski definition) is 4. The van der Waals surface area contributed by atoms with Gasteiger partial charge in [0.1, 0.15) is 4.60 Å². The number of unbranched alkanes of at least 4 members (excludes halogenated alkanes) is 1. The van der Waals surface area contributed by atoms with Gasteiger partial charge in [-0.1, -0.05) is 13.3 Å². The molecule has 0 aliphatic heterocycles. The summed E-state index contributed by atoms with van der Waals surface area (Å²) in [7, 11) is 0. The van der Waals surface area contributed by atoms with Crippen molar-refractivity contribution in [3.05, 3.63) is 26.8 Å². The molecule has 0 spiro atoms. The van der Waals surface area contributed by atoms with Crippen molar-refractivity contribution in [3.8, 4) is 0 Å². The van der Waals surface area contributed by atoms with Gasteiger partial charge in [0.15, 0.2) is 0 Å². The second-order valence-electron chi connectivity index (χ2n) is 2.89. The summed E-state index contributed by atoms with van der Waals surface area (Å²) in [6.45, 7) is 2.29. The molecule has 1 heterocycles. The van der Waals surface area contributed by atoms with E-state index in [-0.39, 0.29) is 5.69 Å². The minimum absolute atomic E-state index is 0.222. The lowest BCUT2D eigenvalue weighted by molar-refractivity contribution is 0.0490. The fourth-order valence-corrected chi connectivity index (χ4v) is 1.19. The minimum Gasteiger partial charge on any atom is -0.461 e. The van der Waals surface area contributed by atoms with Crippen molar-refractivity contribution in [1.82, 2.24) is 9.97 Å². The lowest BCUT2D eigenvalue weighted by Gasteiger charge is -2.02. The Balaban J connectivity index is 2.73. The third-order valence-electron chi connectivity index (χ3n) is 1.68. The molecule has 0 unspecified atom stereocenters. The van der Waals surface area contributed by atoms with Crippen LogP contribution in [0.15, 0.2) is 15.6 Å². The molecule has 0 aliphatic rings. The first-order chi connectivity index (χ1) is 7.15. The van der Waals surface area contributed by atoms with Crippen molar-refractivity contribution >= 4 is 21.9 Å². The van der Waals surface area contributed by atoms with Crippen LogP contribution in [0, 0.1) is 0 Å². The Morgan fingerprint density at radius 1 is 1.67 bits per heavy atom. The molecule has 1 N–H and O–H groups in total. The monoisotopic (exact) mass is 274 g/mol. The molecule has 1 rings (SSSR count). The van der Waals surface area contributed by atoms with E-state index in [4.69, 9.17) is 4.74 Å². The van der Waals surface area contributed by atoms with Crippen LogP contribution in [0.4, 0.5) is 0 Å². The second kappa shape index (κ2) is 5.65. The van der Waals surface area contributed by atoms with Gasteiger partial charge in [0.2, 0.25) is 5.69 Å². The maximum atomic E-state index is 11.4. The van der Waals surface area contributed by atoms with Crippen LogP contribution in [0.25, 0.3) is 0 Å². The number of carbonyl (C=O) groups excluding carboxylic acids is 1. The Labute approximate surface area is 95.0 Å². The highest BCUT2D eigenvalue weighted by Gasteiger charge is 2.13. The Morgan fingerprint density at radius 3 is 3.07 bits per heavy atom.